The number of fused-ring (bicyclic) bond motifs is 1. The summed E-state index contributed by atoms with van der Waals surface area (Å²) in [5, 5.41) is 8.67. The maximum absolute atomic E-state index is 3.95. The van der Waals surface area contributed by atoms with Crippen LogP contribution in [0.15, 0.2) is 152 Å². The molecule has 0 saturated carbocycles. The van der Waals surface area contributed by atoms with E-state index in [0.717, 1.165) is 12.1 Å². The first-order chi connectivity index (χ1) is 29.7. The quantitative estimate of drug-likeness (QED) is 0.161. The van der Waals surface area contributed by atoms with E-state index in [1.807, 2.05) is 47.6 Å². The molecule has 316 valence electrons. The van der Waals surface area contributed by atoms with Crippen LogP contribution in [0, 0.1) is 20.8 Å². The zero-order valence-electron chi connectivity index (χ0n) is 39.5. The van der Waals surface area contributed by atoms with Gasteiger partial charge in [-0.1, -0.05) is 195 Å². The molecule has 7 aromatic carbocycles. The molecule has 7 rings (SSSR count). The Labute approximate surface area is 370 Å². The fourth-order valence-electron chi connectivity index (χ4n) is 7.45. The van der Waals surface area contributed by atoms with E-state index in [2.05, 4.69) is 218 Å². The maximum atomic E-state index is 3.95. The molecule has 0 bridgehead atoms. The van der Waals surface area contributed by atoms with E-state index in [4.69, 9.17) is 0 Å². The van der Waals surface area contributed by atoms with Gasteiger partial charge in [-0.3, -0.25) is 0 Å². The van der Waals surface area contributed by atoms with Crippen LogP contribution >= 0.6 is 0 Å². The second-order valence-corrected chi connectivity index (χ2v) is 14.2. The Morgan fingerprint density at radius 3 is 1.77 bits per heavy atom. The molecule has 7 aromatic rings. The highest BCUT2D eigenvalue weighted by Crippen LogP contribution is 2.33. The number of benzene rings is 7. The van der Waals surface area contributed by atoms with Gasteiger partial charge in [0.05, 0.1) is 0 Å². The van der Waals surface area contributed by atoms with Crippen LogP contribution in [0.2, 0.25) is 0 Å². The SMILES string of the molecule is C/C=C(\C)c1ccc(Nc2cccc3ccccc23)c(C)c1CC.C=Cc1cc(-c2ccc(-c3ccc(/C=c4/cccc/c4=C/C)cc3)cc2)c(C)cc1C.CC.CC.CC. The average molecular weight is 806 g/mol. The third-order valence-corrected chi connectivity index (χ3v) is 10.8. The predicted molar refractivity (Wildman–Crippen MR) is 277 cm³/mol. The van der Waals surface area contributed by atoms with Crippen LogP contribution in [0.25, 0.3) is 56.8 Å². The number of hydrogen-bond acceptors (Lipinski definition) is 1. The maximum Gasteiger partial charge on any atom is 0.0463 e. The summed E-state index contributed by atoms with van der Waals surface area (Å²) in [5.41, 5.74) is 17.7. The Balaban J connectivity index is 0.000000297. The van der Waals surface area contributed by atoms with Crippen LogP contribution < -0.4 is 15.8 Å². The number of anilines is 2. The van der Waals surface area contributed by atoms with Gasteiger partial charge in [-0.2, -0.15) is 0 Å². The molecule has 0 aromatic heterocycles. The van der Waals surface area contributed by atoms with Gasteiger partial charge < -0.3 is 5.32 Å². The third kappa shape index (κ3) is 12.7. The lowest BCUT2D eigenvalue weighted by atomic mass is 9.93. The molecule has 0 radical (unpaired) electrons. The molecule has 61 heavy (non-hydrogen) atoms. The van der Waals surface area contributed by atoms with Gasteiger partial charge in [-0.15, -0.1) is 0 Å². The molecule has 0 aliphatic heterocycles. The van der Waals surface area contributed by atoms with Gasteiger partial charge in [0, 0.05) is 16.8 Å². The van der Waals surface area contributed by atoms with Crippen molar-refractivity contribution in [3.8, 4) is 22.3 Å². The van der Waals surface area contributed by atoms with Gasteiger partial charge >= 0.3 is 0 Å². The summed E-state index contributed by atoms with van der Waals surface area (Å²) in [6.45, 7) is 31.1. The van der Waals surface area contributed by atoms with Crippen molar-refractivity contribution in [2.75, 3.05) is 5.32 Å². The highest BCUT2D eigenvalue weighted by atomic mass is 14.9. The van der Waals surface area contributed by atoms with Crippen molar-refractivity contribution < 1.29 is 0 Å². The highest BCUT2D eigenvalue weighted by Gasteiger charge is 2.11. The van der Waals surface area contributed by atoms with Gasteiger partial charge in [-0.25, -0.2) is 0 Å². The lowest BCUT2D eigenvalue weighted by Crippen LogP contribution is -2.23. The Morgan fingerprint density at radius 1 is 0.590 bits per heavy atom. The number of rotatable bonds is 8. The molecule has 0 aliphatic carbocycles. The highest BCUT2D eigenvalue weighted by molar-refractivity contribution is 5.95. The molecular weight excluding hydrogens is 735 g/mol. The van der Waals surface area contributed by atoms with Crippen LogP contribution in [-0.4, -0.2) is 0 Å². The molecule has 1 nitrogen and oxygen atoms in total. The van der Waals surface area contributed by atoms with Gasteiger partial charge in [0.15, 0.2) is 0 Å². The monoisotopic (exact) mass is 806 g/mol. The largest absolute Gasteiger partial charge is 0.355 e. The van der Waals surface area contributed by atoms with Crippen molar-refractivity contribution in [2.45, 2.75) is 96.4 Å². The lowest BCUT2D eigenvalue weighted by Gasteiger charge is -2.18. The summed E-state index contributed by atoms with van der Waals surface area (Å²) < 4.78 is 0. The number of nitrogens with one attached hydrogen (secondary N) is 1. The van der Waals surface area contributed by atoms with E-state index in [1.165, 1.54) is 93.7 Å². The summed E-state index contributed by atoms with van der Waals surface area (Å²) in [4.78, 5) is 0. The van der Waals surface area contributed by atoms with E-state index in [1.54, 1.807) is 0 Å². The standard InChI is InChI=1S/C31H28.C23H25N.3C2H6/c1-5-25-9-7-8-10-30(25)20-24-11-13-27(14-12-24)28-15-17-29(18-16-28)31-21-26(6-2)22(3)19-23(31)4;1-5-16(3)20-14-15-22(17(4)19(20)6-2)24-23-13-9-11-18-10-7-8-12-21(18)23;3*1-2/h5-21H,2H2,1,3-4H3;5,7-15,24H,6H2,1-4H3;3*1-2H3/b25-5-,30-20-;16-5+;;;. The fraction of sp³-hybridized carbons (Fsp3) is 0.233. The van der Waals surface area contributed by atoms with Crippen molar-refractivity contribution in [3.63, 3.8) is 0 Å². The minimum absolute atomic E-state index is 1.04. The van der Waals surface area contributed by atoms with Gasteiger partial charge in [0.1, 0.15) is 0 Å². The minimum Gasteiger partial charge on any atom is -0.355 e. The molecule has 0 spiro atoms. The summed E-state index contributed by atoms with van der Waals surface area (Å²) in [5.74, 6) is 0. The Hall–Kier alpha value is -6.18. The Morgan fingerprint density at radius 2 is 1.16 bits per heavy atom. The summed E-state index contributed by atoms with van der Waals surface area (Å²) in [6, 6.07) is 50.0. The van der Waals surface area contributed by atoms with Crippen molar-refractivity contribution in [1.29, 1.82) is 0 Å². The van der Waals surface area contributed by atoms with Crippen LogP contribution in [0.5, 0.6) is 0 Å². The van der Waals surface area contributed by atoms with E-state index in [-0.39, 0.29) is 0 Å². The molecule has 0 fully saturated rings. The minimum atomic E-state index is 1.04. The molecule has 0 amide bonds. The summed E-state index contributed by atoms with van der Waals surface area (Å²) in [7, 11) is 0. The van der Waals surface area contributed by atoms with Crippen molar-refractivity contribution in [2.24, 2.45) is 0 Å². The summed E-state index contributed by atoms with van der Waals surface area (Å²) in [6.07, 6.45) is 9.54. The molecule has 0 heterocycles. The predicted octanol–water partition coefficient (Wildman–Crippen LogP) is 16.9. The van der Waals surface area contributed by atoms with Gasteiger partial charge in [0.2, 0.25) is 0 Å². The molecule has 1 heteroatoms. The van der Waals surface area contributed by atoms with E-state index >= 15 is 0 Å². The third-order valence-electron chi connectivity index (χ3n) is 10.8. The topological polar surface area (TPSA) is 12.0 Å². The molecular formula is C60H71N. The fourth-order valence-corrected chi connectivity index (χ4v) is 7.45. The molecule has 0 atom stereocenters. The zero-order valence-corrected chi connectivity index (χ0v) is 39.5. The molecule has 0 aliphatic rings. The summed E-state index contributed by atoms with van der Waals surface area (Å²) >= 11 is 0. The number of aryl methyl sites for hydroxylation is 2. The average Bonchev–Trinajstić information content (AvgIpc) is 3.32. The van der Waals surface area contributed by atoms with Crippen LogP contribution in [0.1, 0.15) is 108 Å². The lowest BCUT2D eigenvalue weighted by molar-refractivity contribution is 1.10. The second kappa shape index (κ2) is 25.4. The zero-order chi connectivity index (χ0) is 44.9. The van der Waals surface area contributed by atoms with Crippen LogP contribution in [-0.2, 0) is 6.42 Å². The van der Waals surface area contributed by atoms with Gasteiger partial charge in [-0.05, 0) is 155 Å². The molecule has 1 N–H and O–H groups in total. The van der Waals surface area contributed by atoms with Crippen LogP contribution in [0.4, 0.5) is 11.4 Å². The molecule has 0 unspecified atom stereocenters. The van der Waals surface area contributed by atoms with E-state index in [0.29, 0.717) is 0 Å². The first-order valence-corrected chi connectivity index (χ1v) is 22.4. The van der Waals surface area contributed by atoms with Crippen molar-refractivity contribution in [1.82, 2.24) is 0 Å². The van der Waals surface area contributed by atoms with Crippen molar-refractivity contribution in [3.05, 3.63) is 202 Å². The Bertz CT molecular complexity index is 2600. The first kappa shape index (κ1) is 49.2. The Kier molecular flexibility index (Phi) is 20.5. The molecule has 0 saturated heterocycles. The van der Waals surface area contributed by atoms with Crippen molar-refractivity contribution >= 4 is 45.9 Å². The van der Waals surface area contributed by atoms with E-state index < -0.39 is 0 Å². The second-order valence-electron chi connectivity index (χ2n) is 14.2. The number of hydrogen-bond donors (Lipinski definition) is 1. The van der Waals surface area contributed by atoms with Gasteiger partial charge in [0.25, 0.3) is 0 Å². The smallest absolute Gasteiger partial charge is 0.0463 e. The normalized spacial score (nSPS) is 11.1. The van der Waals surface area contributed by atoms with E-state index in [9.17, 15) is 0 Å². The van der Waals surface area contributed by atoms with Crippen LogP contribution in [0.3, 0.4) is 0 Å². The first-order valence-electron chi connectivity index (χ1n) is 22.4. The number of allylic oxidation sites excluding steroid dienone is 2.